The second-order valence-corrected chi connectivity index (χ2v) is 4.02. The van der Waals surface area contributed by atoms with Gasteiger partial charge in [0.15, 0.2) is 0 Å². The number of hydrogen-bond acceptors (Lipinski definition) is 7. The van der Waals surface area contributed by atoms with Crippen LogP contribution in [0, 0.1) is 11.3 Å². The average molecular weight is 341 g/mol. The van der Waals surface area contributed by atoms with E-state index >= 15 is 0 Å². The number of rotatable bonds is 5. The molecule has 0 aliphatic carbocycles. The van der Waals surface area contributed by atoms with Crippen LogP contribution in [0.2, 0.25) is 0 Å². The van der Waals surface area contributed by atoms with Gasteiger partial charge in [0.1, 0.15) is 6.07 Å². The molecule has 0 aliphatic heterocycles. The third kappa shape index (κ3) is 6.27. The minimum Gasteiger partial charge on any atom is -0.479 e. The Hall–Kier alpha value is -2.08. The van der Waals surface area contributed by atoms with Gasteiger partial charge in [0.25, 0.3) is 4.75 Å². The summed E-state index contributed by atoms with van der Waals surface area (Å²) in [5.74, 6) is -4.88. The molecule has 0 aromatic rings. The van der Waals surface area contributed by atoms with Crippen LogP contribution in [0.1, 0.15) is 0 Å². The number of carboxylic acid groups (broad SMARTS) is 1. The largest absolute Gasteiger partial charge is 0.560 e. The molecule has 1 atom stereocenters. The Morgan fingerprint density at radius 1 is 1.19 bits per heavy atom. The highest BCUT2D eigenvalue weighted by Gasteiger charge is 2.56. The van der Waals surface area contributed by atoms with Crippen molar-refractivity contribution in [2.45, 2.75) is 16.6 Å². The lowest BCUT2D eigenvalue weighted by Gasteiger charge is -2.17. The van der Waals surface area contributed by atoms with E-state index in [4.69, 9.17) is 10.4 Å². The molecule has 0 aromatic carbocycles. The number of carbonyl (C=O) groups is 2. The lowest BCUT2D eigenvalue weighted by molar-refractivity contribution is -0.488. The average Bonchev–Trinajstić information content (AvgIpc) is 2.28. The van der Waals surface area contributed by atoms with Crippen molar-refractivity contribution in [3.05, 3.63) is 0 Å². The summed E-state index contributed by atoms with van der Waals surface area (Å²) in [7, 11) is 0. The van der Waals surface area contributed by atoms with E-state index in [1.807, 2.05) is 5.28 Å². The summed E-state index contributed by atoms with van der Waals surface area (Å²) in [5, 5.41) is 21.0. The first-order valence-electron chi connectivity index (χ1n) is 4.12. The van der Waals surface area contributed by atoms with Crippen LogP contribution in [0.5, 0.6) is 0 Å². The smallest absolute Gasteiger partial charge is 0.479 e. The van der Waals surface area contributed by atoms with Crippen LogP contribution in [0.4, 0.5) is 26.3 Å². The third-order valence-corrected chi connectivity index (χ3v) is 2.30. The molecular formula is C6HF6N3O5S. The molecule has 0 saturated heterocycles. The summed E-state index contributed by atoms with van der Waals surface area (Å²) in [5.41, 5.74) is -5.33. The zero-order chi connectivity index (χ0) is 16.9. The highest BCUT2D eigenvalue weighted by molar-refractivity contribution is 8.03. The van der Waals surface area contributed by atoms with Gasteiger partial charge in [-0.3, -0.25) is 4.79 Å². The highest BCUT2D eigenvalue weighted by Crippen LogP contribution is 2.41. The van der Waals surface area contributed by atoms with E-state index < -0.39 is 40.3 Å². The number of halogens is 6. The summed E-state index contributed by atoms with van der Waals surface area (Å²) in [6.45, 7) is 0. The summed E-state index contributed by atoms with van der Waals surface area (Å²) in [6.07, 6.45) is -5.36. The van der Waals surface area contributed by atoms with Crippen molar-refractivity contribution >= 4 is 23.6 Å². The van der Waals surface area contributed by atoms with Gasteiger partial charge in [0, 0.05) is 0 Å². The van der Waals surface area contributed by atoms with Crippen molar-refractivity contribution in [2.24, 2.45) is 10.4 Å². The van der Waals surface area contributed by atoms with Crippen molar-refractivity contribution in [3.8, 4) is 6.07 Å². The normalized spacial score (nSPS) is 15.3. The first kappa shape index (κ1) is 18.9. The molecular weight excluding hydrogens is 340 g/mol. The van der Waals surface area contributed by atoms with Crippen molar-refractivity contribution in [1.29, 1.82) is 5.26 Å². The molecule has 0 spiro atoms. The molecule has 8 nitrogen and oxygen atoms in total. The van der Waals surface area contributed by atoms with Crippen LogP contribution in [0.3, 0.4) is 0 Å². The van der Waals surface area contributed by atoms with E-state index in [2.05, 4.69) is 15.0 Å². The molecule has 118 valence electrons. The fourth-order valence-corrected chi connectivity index (χ4v) is 1.26. The number of carbonyl (C=O) groups excluding carboxylic acids is 1. The molecule has 0 aliphatic rings. The van der Waals surface area contributed by atoms with E-state index in [0.29, 0.717) is 6.07 Å². The van der Waals surface area contributed by atoms with Crippen LogP contribution in [0.15, 0.2) is 10.4 Å². The molecule has 1 N–H and O–H groups in total. The van der Waals surface area contributed by atoms with Crippen LogP contribution in [-0.2, 0) is 19.5 Å². The van der Waals surface area contributed by atoms with Gasteiger partial charge >= 0.3 is 23.7 Å². The number of aliphatic carboxylic acids is 1. The van der Waals surface area contributed by atoms with Crippen LogP contribution in [0.25, 0.3) is 0 Å². The van der Waals surface area contributed by atoms with Crippen LogP contribution < -0.4 is 0 Å². The predicted octanol–water partition coefficient (Wildman–Crippen LogP) is 1.95. The van der Waals surface area contributed by atoms with E-state index in [-0.39, 0.29) is 0 Å². The number of amides is 1. The number of carboxylic acids is 1. The lowest BCUT2D eigenvalue weighted by atomic mass is 10.1. The molecule has 0 fully saturated rings. The maximum atomic E-state index is 12.1. The van der Waals surface area contributed by atoms with E-state index in [0.717, 1.165) is 0 Å². The molecule has 15 heteroatoms. The van der Waals surface area contributed by atoms with Gasteiger partial charge in [-0.2, -0.15) is 23.4 Å². The first-order valence-corrected chi connectivity index (χ1v) is 4.94. The zero-order valence-corrected chi connectivity index (χ0v) is 9.91. The van der Waals surface area contributed by atoms with Crippen LogP contribution >= 0.6 is 11.8 Å². The number of hydrogen-bond donors (Lipinski definition) is 1. The van der Waals surface area contributed by atoms with Crippen LogP contribution in [-0.4, -0.2) is 33.6 Å². The molecule has 0 radical (unpaired) electrons. The number of alkyl halides is 6. The van der Waals surface area contributed by atoms with E-state index in [9.17, 15) is 35.9 Å². The maximum Gasteiger partial charge on any atom is 0.560 e. The molecule has 0 aromatic heterocycles. The van der Waals surface area contributed by atoms with E-state index in [1.165, 1.54) is 0 Å². The maximum absolute atomic E-state index is 12.1. The quantitative estimate of drug-likeness (QED) is 0.267. The van der Waals surface area contributed by atoms with Gasteiger partial charge in [0.05, 0.1) is 5.28 Å². The summed E-state index contributed by atoms with van der Waals surface area (Å²) in [4.78, 5) is 27.2. The predicted molar refractivity (Wildman–Crippen MR) is 47.7 cm³/mol. The van der Waals surface area contributed by atoms with Crippen molar-refractivity contribution < 1.29 is 50.9 Å². The molecule has 0 bridgehead atoms. The summed E-state index contributed by atoms with van der Waals surface area (Å²) < 4.78 is 66.8. The SMILES string of the molecule is N#CC(SC(F)(F)F)(C(=O)O)C(=O)N=NOOC(F)(F)F. The van der Waals surface area contributed by atoms with Crippen molar-refractivity contribution in [1.82, 2.24) is 0 Å². The van der Waals surface area contributed by atoms with Crippen molar-refractivity contribution in [3.63, 3.8) is 0 Å². The minimum absolute atomic E-state index is 0.550. The summed E-state index contributed by atoms with van der Waals surface area (Å²) >= 11 is -1.55. The van der Waals surface area contributed by atoms with Gasteiger partial charge in [-0.25, -0.2) is 4.79 Å². The highest BCUT2D eigenvalue weighted by atomic mass is 32.2. The Bertz CT molecular complexity index is 485. The Morgan fingerprint density at radius 3 is 2.05 bits per heavy atom. The lowest BCUT2D eigenvalue weighted by Crippen LogP contribution is -2.43. The Morgan fingerprint density at radius 2 is 1.71 bits per heavy atom. The van der Waals surface area contributed by atoms with Gasteiger partial charge in [-0.05, 0) is 11.8 Å². The van der Waals surface area contributed by atoms with Gasteiger partial charge in [0.2, 0.25) is 0 Å². The number of thioether (sulfide) groups is 1. The molecule has 0 rings (SSSR count). The topological polar surface area (TPSA) is 121 Å². The standard InChI is InChI=1S/C6HF6N3O5S/c7-5(8,9)19-20-15-14-2(16)4(1-13,3(17)18)21-6(10,11)12/h(H,17,18). The Balaban J connectivity index is 5.12. The minimum atomic E-state index is -5.36. The second-order valence-electron chi connectivity index (χ2n) is 2.74. The Labute approximate surface area is 114 Å². The number of nitriles is 1. The first-order chi connectivity index (χ1) is 9.34. The Kier molecular flexibility index (Phi) is 5.93. The fourth-order valence-electron chi connectivity index (χ4n) is 0.654. The van der Waals surface area contributed by atoms with Gasteiger partial charge in [-0.15, -0.1) is 13.2 Å². The van der Waals surface area contributed by atoms with Gasteiger partial charge in [-0.1, -0.05) is 10.0 Å². The summed E-state index contributed by atoms with van der Waals surface area (Å²) in [6, 6.07) is 0.550. The fraction of sp³-hybridized carbons (Fsp3) is 0.500. The second kappa shape index (κ2) is 6.58. The molecule has 0 heterocycles. The molecule has 0 saturated carbocycles. The van der Waals surface area contributed by atoms with Crippen molar-refractivity contribution in [2.75, 3.05) is 0 Å². The zero-order valence-electron chi connectivity index (χ0n) is 9.10. The third-order valence-electron chi connectivity index (χ3n) is 1.33. The molecule has 21 heavy (non-hydrogen) atoms. The van der Waals surface area contributed by atoms with E-state index in [1.54, 1.807) is 0 Å². The molecule has 1 unspecified atom stereocenters. The molecule has 1 amide bonds. The monoisotopic (exact) mass is 341 g/mol. The number of nitrogens with zero attached hydrogens (tertiary/aromatic N) is 3. The van der Waals surface area contributed by atoms with Gasteiger partial charge < -0.3 is 5.11 Å².